The van der Waals surface area contributed by atoms with Gasteiger partial charge in [-0.2, -0.15) is 0 Å². The van der Waals surface area contributed by atoms with E-state index in [1.165, 1.54) is 128 Å². The normalized spacial score (nSPS) is 13.3. The van der Waals surface area contributed by atoms with E-state index in [1.807, 2.05) is 12.2 Å². The second-order valence-electron chi connectivity index (χ2n) is 14.0. The van der Waals surface area contributed by atoms with E-state index in [2.05, 4.69) is 48.2 Å². The Morgan fingerprint density at radius 3 is 0.961 bits per heavy atom. The predicted molar refractivity (Wildman–Crippen MR) is 214 cm³/mol. The van der Waals surface area contributed by atoms with E-state index < -0.39 is 20.8 Å². The fraction of sp³-hybridized carbons (Fsp3) is 0.900. The summed E-state index contributed by atoms with van der Waals surface area (Å²) in [6, 6.07) is 0. The summed E-state index contributed by atoms with van der Waals surface area (Å²) >= 11 is 0. The molecule has 11 heteroatoms. The molecule has 0 fully saturated rings. The van der Waals surface area contributed by atoms with Gasteiger partial charge in [0.25, 0.3) is 0 Å². The van der Waals surface area contributed by atoms with Gasteiger partial charge in [-0.15, -0.1) is 0 Å². The van der Waals surface area contributed by atoms with Gasteiger partial charge < -0.3 is 9.11 Å². The summed E-state index contributed by atoms with van der Waals surface area (Å²) < 4.78 is 73.1. The van der Waals surface area contributed by atoms with Crippen molar-refractivity contribution in [1.82, 2.24) is 0 Å². The maximum Gasteiger partial charge on any atom is 2.00 e. The van der Waals surface area contributed by atoms with Gasteiger partial charge in [-0.25, -0.2) is 16.8 Å². The maximum atomic E-state index is 10.7. The van der Waals surface area contributed by atoms with Crippen molar-refractivity contribution in [1.29, 1.82) is 0 Å². The third kappa shape index (κ3) is 50.5. The molecule has 0 aromatic heterocycles. The third-order valence-corrected chi connectivity index (χ3v) is 9.82. The van der Waals surface area contributed by atoms with Crippen molar-refractivity contribution in [3.8, 4) is 0 Å². The minimum absolute atomic E-state index is 0. The second kappa shape index (κ2) is 41.6. The monoisotopic (exact) mass is 790 g/mol. The van der Waals surface area contributed by atoms with E-state index >= 15 is 0 Å². The standard InChI is InChI=1S/2C20H40O4S.Ca/c2*1-3-5-7-9-11-12-14-16-18-20(19-24-25(21,22)23)17-15-13-10-8-6-4-2;/h2*16,18,20H,3-15,17,19H2,1-2H3,(H,21,22,23);/q;;+2/p-2/b2*18-16+;. The van der Waals surface area contributed by atoms with Gasteiger partial charge >= 0.3 is 37.7 Å². The Morgan fingerprint density at radius 2 is 0.686 bits per heavy atom. The minimum Gasteiger partial charge on any atom is -0.726 e. The number of hydrogen-bond acceptors (Lipinski definition) is 8. The molecule has 0 aliphatic heterocycles. The molecular formula is C40H78CaO8S2. The minimum atomic E-state index is -4.59. The molecule has 0 aliphatic rings. The van der Waals surface area contributed by atoms with Crippen molar-refractivity contribution in [2.45, 2.75) is 207 Å². The van der Waals surface area contributed by atoms with Crippen molar-refractivity contribution >= 4 is 58.5 Å². The summed E-state index contributed by atoms with van der Waals surface area (Å²) in [5.74, 6) is 0.0463. The van der Waals surface area contributed by atoms with Crippen molar-refractivity contribution in [3.63, 3.8) is 0 Å². The van der Waals surface area contributed by atoms with Gasteiger partial charge in [0.1, 0.15) is 0 Å². The fourth-order valence-electron chi connectivity index (χ4n) is 5.85. The molecule has 0 saturated carbocycles. The smallest absolute Gasteiger partial charge is 0.726 e. The average molecular weight is 791 g/mol. The van der Waals surface area contributed by atoms with Crippen molar-refractivity contribution in [2.24, 2.45) is 11.8 Å². The molecular weight excluding hydrogens is 713 g/mol. The van der Waals surface area contributed by atoms with Crippen LogP contribution in [0.15, 0.2) is 24.3 Å². The summed E-state index contributed by atoms with van der Waals surface area (Å²) in [6.07, 6.45) is 41.8. The molecule has 0 N–H and O–H groups in total. The zero-order chi connectivity index (χ0) is 37.6. The number of unbranched alkanes of at least 4 members (excludes halogenated alkanes) is 22. The molecule has 8 nitrogen and oxygen atoms in total. The Hall–Kier alpha value is 0.480. The molecule has 2 atom stereocenters. The second-order valence-corrected chi connectivity index (χ2v) is 16.1. The zero-order valence-electron chi connectivity index (χ0n) is 33.5. The van der Waals surface area contributed by atoms with Crippen LogP contribution < -0.4 is 0 Å². The van der Waals surface area contributed by atoms with Gasteiger partial charge in [-0.05, 0) is 38.5 Å². The third-order valence-electron chi connectivity index (χ3n) is 8.98. The molecule has 0 bridgehead atoms. The first-order chi connectivity index (χ1) is 24.0. The maximum absolute atomic E-state index is 10.7. The molecule has 0 radical (unpaired) electrons. The van der Waals surface area contributed by atoms with Crippen LogP contribution in [0.3, 0.4) is 0 Å². The first kappa shape index (κ1) is 55.8. The van der Waals surface area contributed by atoms with E-state index in [1.54, 1.807) is 0 Å². The van der Waals surface area contributed by atoms with Crippen LogP contribution in [-0.4, -0.2) is 76.9 Å². The SMILES string of the molecule is CCCCCCCC/C=C/C(CCCCCCCC)COS(=O)(=O)[O-].CCCCCCCC/C=C/C(CCCCCCCC)COS(=O)(=O)[O-].[Ca+2]. The summed E-state index contributed by atoms with van der Waals surface area (Å²) in [6.45, 7) is 8.80. The molecule has 0 rings (SSSR count). The summed E-state index contributed by atoms with van der Waals surface area (Å²) in [4.78, 5) is 0. The van der Waals surface area contributed by atoms with Crippen LogP contribution in [-0.2, 0) is 29.2 Å². The summed E-state index contributed by atoms with van der Waals surface area (Å²) in [5, 5.41) is 0. The number of rotatable bonds is 36. The fourth-order valence-corrected chi connectivity index (χ4v) is 6.53. The Kier molecular flexibility index (Phi) is 45.6. The zero-order valence-corrected chi connectivity index (χ0v) is 37.3. The van der Waals surface area contributed by atoms with Crippen molar-refractivity contribution in [3.05, 3.63) is 24.3 Å². The van der Waals surface area contributed by atoms with Crippen LogP contribution in [0.25, 0.3) is 0 Å². The molecule has 0 amide bonds. The van der Waals surface area contributed by atoms with E-state index in [-0.39, 0.29) is 62.8 Å². The van der Waals surface area contributed by atoms with Crippen molar-refractivity contribution in [2.75, 3.05) is 13.2 Å². The van der Waals surface area contributed by atoms with Gasteiger partial charge in [-0.3, -0.25) is 8.37 Å². The average Bonchev–Trinajstić information content (AvgIpc) is 3.06. The van der Waals surface area contributed by atoms with Crippen LogP contribution in [0.1, 0.15) is 207 Å². The Labute approximate surface area is 347 Å². The van der Waals surface area contributed by atoms with Gasteiger partial charge in [0, 0.05) is 11.8 Å². The van der Waals surface area contributed by atoms with E-state index in [0.717, 1.165) is 51.4 Å². The molecule has 0 aromatic rings. The van der Waals surface area contributed by atoms with E-state index in [9.17, 15) is 25.9 Å². The first-order valence-electron chi connectivity index (χ1n) is 20.5. The Morgan fingerprint density at radius 1 is 0.431 bits per heavy atom. The van der Waals surface area contributed by atoms with E-state index in [4.69, 9.17) is 0 Å². The van der Waals surface area contributed by atoms with Crippen molar-refractivity contribution < 1.29 is 34.3 Å². The molecule has 300 valence electrons. The Bertz CT molecular complexity index is 893. The predicted octanol–water partition coefficient (Wildman–Crippen LogP) is 11.9. The molecule has 0 aliphatic carbocycles. The molecule has 0 spiro atoms. The van der Waals surface area contributed by atoms with Crippen LogP contribution in [0, 0.1) is 11.8 Å². The quantitative estimate of drug-likeness (QED) is 0.0201. The topological polar surface area (TPSA) is 133 Å². The molecule has 0 aromatic carbocycles. The largest absolute Gasteiger partial charge is 2.00 e. The molecule has 2 unspecified atom stereocenters. The summed E-state index contributed by atoms with van der Waals surface area (Å²) in [5.41, 5.74) is 0. The first-order valence-corrected chi connectivity index (χ1v) is 23.2. The summed E-state index contributed by atoms with van der Waals surface area (Å²) in [7, 11) is -9.19. The van der Waals surface area contributed by atoms with Crippen LogP contribution in [0.4, 0.5) is 0 Å². The van der Waals surface area contributed by atoms with Crippen LogP contribution in [0.2, 0.25) is 0 Å². The van der Waals surface area contributed by atoms with Gasteiger partial charge in [0.15, 0.2) is 0 Å². The van der Waals surface area contributed by atoms with Gasteiger partial charge in [0.05, 0.1) is 13.2 Å². The molecule has 0 saturated heterocycles. The van der Waals surface area contributed by atoms with Gasteiger partial charge in [0.2, 0.25) is 20.8 Å². The van der Waals surface area contributed by atoms with Crippen LogP contribution in [0.5, 0.6) is 0 Å². The Balaban J connectivity index is -0.000000886. The molecule has 51 heavy (non-hydrogen) atoms. The van der Waals surface area contributed by atoms with E-state index in [0.29, 0.717) is 0 Å². The number of hydrogen-bond donors (Lipinski definition) is 0. The van der Waals surface area contributed by atoms with Gasteiger partial charge in [-0.1, -0.05) is 193 Å². The molecule has 0 heterocycles. The number of allylic oxidation sites excluding steroid dienone is 2. The van der Waals surface area contributed by atoms with Crippen LogP contribution >= 0.6 is 0 Å².